The second-order valence-corrected chi connectivity index (χ2v) is 8.11. The first-order chi connectivity index (χ1) is 15.2. The molecule has 1 amide bonds. The fraction of sp³-hybridized carbons (Fsp3) is 0.208. The first-order valence-electron chi connectivity index (χ1n) is 10.1. The molecule has 0 saturated heterocycles. The van der Waals surface area contributed by atoms with E-state index in [4.69, 9.17) is 4.42 Å². The van der Waals surface area contributed by atoms with Gasteiger partial charge >= 0.3 is 0 Å². The van der Waals surface area contributed by atoms with Crippen LogP contribution < -0.4 is 0 Å². The van der Waals surface area contributed by atoms with Crippen LogP contribution in [0, 0.1) is 0 Å². The van der Waals surface area contributed by atoms with Crippen molar-refractivity contribution in [3.63, 3.8) is 0 Å². The molecule has 158 valence electrons. The highest BCUT2D eigenvalue weighted by atomic mass is 32.2. The van der Waals surface area contributed by atoms with Crippen molar-refractivity contribution in [2.45, 2.75) is 18.1 Å². The van der Waals surface area contributed by atoms with Crippen molar-refractivity contribution >= 4 is 17.7 Å². The summed E-state index contributed by atoms with van der Waals surface area (Å²) >= 11 is 1.39. The standard InChI is InChI=1S/C24H24N4O2S/c1-27-23(21-13-8-16-30-21)25-26-24(27)31-18-22(29)28(17-20-11-6-3-7-12-20)15-14-19-9-4-2-5-10-19/h2-13,16H,14-15,17-18H2,1H3. The Morgan fingerprint density at radius 3 is 2.35 bits per heavy atom. The van der Waals surface area contributed by atoms with E-state index in [0.717, 1.165) is 12.0 Å². The van der Waals surface area contributed by atoms with Gasteiger partial charge in [0.2, 0.25) is 5.91 Å². The molecular weight excluding hydrogens is 408 g/mol. The molecule has 6 nitrogen and oxygen atoms in total. The molecule has 0 aliphatic rings. The van der Waals surface area contributed by atoms with Crippen molar-refractivity contribution in [2.75, 3.05) is 12.3 Å². The lowest BCUT2D eigenvalue weighted by molar-refractivity contribution is -0.128. The highest BCUT2D eigenvalue weighted by molar-refractivity contribution is 7.99. The minimum absolute atomic E-state index is 0.0762. The predicted octanol–water partition coefficient (Wildman–Crippen LogP) is 4.44. The summed E-state index contributed by atoms with van der Waals surface area (Å²) in [4.78, 5) is 15.0. The van der Waals surface area contributed by atoms with Gasteiger partial charge in [0.05, 0.1) is 12.0 Å². The number of hydrogen-bond donors (Lipinski definition) is 0. The van der Waals surface area contributed by atoms with E-state index in [0.29, 0.717) is 35.6 Å². The lowest BCUT2D eigenvalue weighted by atomic mass is 10.1. The number of hydrogen-bond acceptors (Lipinski definition) is 5. The molecule has 0 radical (unpaired) electrons. The third-order valence-electron chi connectivity index (χ3n) is 4.98. The van der Waals surface area contributed by atoms with Crippen molar-refractivity contribution in [2.24, 2.45) is 7.05 Å². The molecule has 0 bridgehead atoms. The number of rotatable bonds is 9. The van der Waals surface area contributed by atoms with Gasteiger partial charge in [0, 0.05) is 20.1 Å². The van der Waals surface area contributed by atoms with Crippen LogP contribution in [0.25, 0.3) is 11.6 Å². The van der Waals surface area contributed by atoms with Gasteiger partial charge < -0.3 is 13.9 Å². The summed E-state index contributed by atoms with van der Waals surface area (Å²) in [6.45, 7) is 1.25. The first-order valence-corrected chi connectivity index (χ1v) is 11.1. The van der Waals surface area contributed by atoms with Crippen LogP contribution in [0.3, 0.4) is 0 Å². The Bertz CT molecular complexity index is 1100. The highest BCUT2D eigenvalue weighted by Crippen LogP contribution is 2.23. The Morgan fingerprint density at radius 1 is 0.968 bits per heavy atom. The van der Waals surface area contributed by atoms with Crippen LogP contribution in [-0.2, 0) is 24.8 Å². The average molecular weight is 433 g/mol. The largest absolute Gasteiger partial charge is 0.461 e. The van der Waals surface area contributed by atoms with E-state index in [1.54, 1.807) is 6.26 Å². The van der Waals surface area contributed by atoms with Gasteiger partial charge in [-0.05, 0) is 29.7 Å². The molecule has 0 saturated carbocycles. The van der Waals surface area contributed by atoms with Gasteiger partial charge in [-0.2, -0.15) is 0 Å². The van der Waals surface area contributed by atoms with Crippen LogP contribution in [0.1, 0.15) is 11.1 Å². The summed E-state index contributed by atoms with van der Waals surface area (Å²) in [5.41, 5.74) is 2.34. The van der Waals surface area contributed by atoms with Gasteiger partial charge in [0.25, 0.3) is 0 Å². The first kappa shape index (κ1) is 20.9. The number of carbonyl (C=O) groups is 1. The van der Waals surface area contributed by atoms with Crippen LogP contribution >= 0.6 is 11.8 Å². The summed E-state index contributed by atoms with van der Waals surface area (Å²) in [5.74, 6) is 1.67. The molecule has 0 unspecified atom stereocenters. The number of nitrogens with zero attached hydrogens (tertiary/aromatic N) is 4. The maximum absolute atomic E-state index is 13.1. The summed E-state index contributed by atoms with van der Waals surface area (Å²) in [5, 5.41) is 9.11. The summed E-state index contributed by atoms with van der Waals surface area (Å²) in [6.07, 6.45) is 2.42. The molecule has 0 fully saturated rings. The molecule has 2 aromatic heterocycles. The molecule has 0 N–H and O–H groups in total. The topological polar surface area (TPSA) is 64.2 Å². The van der Waals surface area contributed by atoms with Crippen molar-refractivity contribution in [3.05, 3.63) is 90.2 Å². The van der Waals surface area contributed by atoms with Gasteiger partial charge in [0.1, 0.15) is 0 Å². The second kappa shape index (κ2) is 10.1. The van der Waals surface area contributed by atoms with Crippen molar-refractivity contribution < 1.29 is 9.21 Å². The van der Waals surface area contributed by atoms with E-state index in [9.17, 15) is 4.79 Å². The van der Waals surface area contributed by atoms with Crippen LogP contribution in [0.4, 0.5) is 0 Å². The summed E-state index contributed by atoms with van der Waals surface area (Å²) in [7, 11) is 1.88. The maximum atomic E-state index is 13.1. The Hall–Kier alpha value is -3.32. The Balaban J connectivity index is 1.42. The number of carbonyl (C=O) groups excluding carboxylic acids is 1. The zero-order valence-electron chi connectivity index (χ0n) is 17.3. The molecule has 0 aliphatic heterocycles. The van der Waals surface area contributed by atoms with Crippen molar-refractivity contribution in [3.8, 4) is 11.6 Å². The van der Waals surface area contributed by atoms with Gasteiger partial charge in [-0.25, -0.2) is 0 Å². The third kappa shape index (κ3) is 5.44. The number of aromatic nitrogens is 3. The van der Waals surface area contributed by atoms with Crippen molar-refractivity contribution in [1.29, 1.82) is 0 Å². The van der Waals surface area contributed by atoms with E-state index >= 15 is 0 Å². The van der Waals surface area contributed by atoms with Crippen LogP contribution in [0.2, 0.25) is 0 Å². The number of thioether (sulfide) groups is 1. The fourth-order valence-electron chi connectivity index (χ4n) is 3.28. The molecule has 0 atom stereocenters. The zero-order valence-corrected chi connectivity index (χ0v) is 18.2. The Morgan fingerprint density at radius 2 is 1.68 bits per heavy atom. The molecular formula is C24H24N4O2S. The molecule has 2 aromatic carbocycles. The second-order valence-electron chi connectivity index (χ2n) is 7.17. The lowest BCUT2D eigenvalue weighted by Crippen LogP contribution is -2.34. The van der Waals surface area contributed by atoms with Crippen LogP contribution in [0.5, 0.6) is 0 Å². The van der Waals surface area contributed by atoms with Crippen LogP contribution in [0.15, 0.2) is 88.6 Å². The molecule has 31 heavy (non-hydrogen) atoms. The van der Waals surface area contributed by atoms with E-state index in [1.807, 2.05) is 77.2 Å². The van der Waals surface area contributed by atoms with Gasteiger partial charge in [0.15, 0.2) is 16.7 Å². The fourth-order valence-corrected chi connectivity index (χ4v) is 4.10. The molecule has 4 rings (SSSR count). The van der Waals surface area contributed by atoms with Gasteiger partial charge in [-0.3, -0.25) is 4.79 Å². The molecule has 0 spiro atoms. The molecule has 0 aliphatic carbocycles. The highest BCUT2D eigenvalue weighted by Gasteiger charge is 2.18. The third-order valence-corrected chi connectivity index (χ3v) is 5.99. The Labute approximate surface area is 185 Å². The molecule has 4 aromatic rings. The van der Waals surface area contributed by atoms with E-state index in [2.05, 4.69) is 22.3 Å². The SMILES string of the molecule is Cn1c(SCC(=O)N(CCc2ccccc2)Cc2ccccc2)nnc1-c1ccco1. The normalized spacial score (nSPS) is 10.9. The average Bonchev–Trinajstić information content (AvgIpc) is 3.46. The monoisotopic (exact) mass is 432 g/mol. The minimum atomic E-state index is 0.0762. The molecule has 7 heteroatoms. The van der Waals surface area contributed by atoms with E-state index in [1.165, 1.54) is 17.3 Å². The quantitative estimate of drug-likeness (QED) is 0.366. The summed E-state index contributed by atoms with van der Waals surface area (Å²) in [6, 6.07) is 24.0. The van der Waals surface area contributed by atoms with Gasteiger partial charge in [-0.15, -0.1) is 10.2 Å². The van der Waals surface area contributed by atoms with E-state index in [-0.39, 0.29) is 5.91 Å². The predicted molar refractivity (Wildman–Crippen MR) is 121 cm³/mol. The maximum Gasteiger partial charge on any atom is 0.233 e. The van der Waals surface area contributed by atoms with Gasteiger partial charge in [-0.1, -0.05) is 72.4 Å². The zero-order chi connectivity index (χ0) is 21.5. The van der Waals surface area contributed by atoms with E-state index < -0.39 is 0 Å². The van der Waals surface area contributed by atoms with Crippen LogP contribution in [-0.4, -0.2) is 37.9 Å². The molecule has 2 heterocycles. The smallest absolute Gasteiger partial charge is 0.233 e. The number of benzene rings is 2. The number of furan rings is 1. The Kier molecular flexibility index (Phi) is 6.84. The minimum Gasteiger partial charge on any atom is -0.461 e. The number of amides is 1. The summed E-state index contributed by atoms with van der Waals surface area (Å²) < 4.78 is 7.26. The van der Waals surface area contributed by atoms with Crippen molar-refractivity contribution in [1.82, 2.24) is 19.7 Å². The lowest BCUT2D eigenvalue weighted by Gasteiger charge is -2.23.